The molecule has 0 aliphatic rings. The molecule has 0 saturated carbocycles. The summed E-state index contributed by atoms with van der Waals surface area (Å²) in [5.74, 6) is -0.338. The van der Waals surface area contributed by atoms with Crippen LogP contribution >= 0.6 is 0 Å². The molecule has 2 aromatic carbocycles. The van der Waals surface area contributed by atoms with Crippen LogP contribution in [0.3, 0.4) is 0 Å². The van der Waals surface area contributed by atoms with Crippen molar-refractivity contribution in [2.45, 2.75) is 6.92 Å². The van der Waals surface area contributed by atoms with E-state index in [0.29, 0.717) is 17.9 Å². The number of nitrogen functional groups attached to an aromatic ring is 1. The van der Waals surface area contributed by atoms with Crippen molar-refractivity contribution in [2.24, 2.45) is 0 Å². The lowest BCUT2D eigenvalue weighted by Gasteiger charge is -2.21. The van der Waals surface area contributed by atoms with E-state index in [2.05, 4.69) is 0 Å². The lowest BCUT2D eigenvalue weighted by atomic mass is 10.1. The van der Waals surface area contributed by atoms with Crippen LogP contribution in [0.15, 0.2) is 48.5 Å². The highest BCUT2D eigenvalue weighted by Crippen LogP contribution is 2.29. The van der Waals surface area contributed by atoms with Gasteiger partial charge >= 0.3 is 5.97 Å². The molecule has 2 rings (SSSR count). The number of benzene rings is 2. The van der Waals surface area contributed by atoms with Gasteiger partial charge in [0.15, 0.2) is 0 Å². The minimum atomic E-state index is -0.338. The fourth-order valence-corrected chi connectivity index (χ4v) is 1.97. The molecule has 0 heterocycles. The van der Waals surface area contributed by atoms with E-state index in [9.17, 15) is 4.79 Å². The number of para-hydroxylation sites is 1. The number of nitrogens with two attached hydrogens (primary N) is 1. The van der Waals surface area contributed by atoms with Gasteiger partial charge in [0.05, 0.1) is 23.5 Å². The summed E-state index contributed by atoms with van der Waals surface area (Å²) in [6, 6.07) is 15.0. The van der Waals surface area contributed by atoms with E-state index in [4.69, 9.17) is 10.5 Å². The van der Waals surface area contributed by atoms with Crippen LogP contribution < -0.4 is 10.6 Å². The molecule has 0 saturated heterocycles. The van der Waals surface area contributed by atoms with Crippen LogP contribution in [0.5, 0.6) is 0 Å². The minimum Gasteiger partial charge on any atom is -0.462 e. The third kappa shape index (κ3) is 2.91. The third-order valence-electron chi connectivity index (χ3n) is 3.05. The van der Waals surface area contributed by atoms with E-state index in [0.717, 1.165) is 11.4 Å². The van der Waals surface area contributed by atoms with Gasteiger partial charge in [-0.3, -0.25) is 0 Å². The molecule has 0 aromatic heterocycles. The Hall–Kier alpha value is -2.49. The van der Waals surface area contributed by atoms with Crippen molar-refractivity contribution in [2.75, 3.05) is 24.3 Å². The van der Waals surface area contributed by atoms with Crippen molar-refractivity contribution in [3.8, 4) is 0 Å². The van der Waals surface area contributed by atoms with E-state index >= 15 is 0 Å². The second-order valence-corrected chi connectivity index (χ2v) is 4.39. The number of rotatable bonds is 4. The Bertz CT molecular complexity index is 597. The van der Waals surface area contributed by atoms with Crippen LogP contribution in [0.4, 0.5) is 17.1 Å². The van der Waals surface area contributed by atoms with E-state index < -0.39 is 0 Å². The summed E-state index contributed by atoms with van der Waals surface area (Å²) in [7, 11) is 1.91. The van der Waals surface area contributed by atoms with E-state index in [1.165, 1.54) is 0 Å². The number of ether oxygens (including phenoxy) is 1. The average molecular weight is 270 g/mol. The molecule has 2 N–H and O–H groups in total. The summed E-state index contributed by atoms with van der Waals surface area (Å²) >= 11 is 0. The molecule has 0 spiro atoms. The topological polar surface area (TPSA) is 55.6 Å². The van der Waals surface area contributed by atoms with Crippen molar-refractivity contribution in [3.05, 3.63) is 54.1 Å². The van der Waals surface area contributed by atoms with Gasteiger partial charge in [-0.1, -0.05) is 18.2 Å². The Labute approximate surface area is 118 Å². The van der Waals surface area contributed by atoms with Crippen LogP contribution in [0, 0.1) is 0 Å². The van der Waals surface area contributed by atoms with Crippen molar-refractivity contribution >= 4 is 23.0 Å². The van der Waals surface area contributed by atoms with Crippen molar-refractivity contribution < 1.29 is 9.53 Å². The molecular weight excluding hydrogens is 252 g/mol. The summed E-state index contributed by atoms with van der Waals surface area (Å²) in [6.45, 7) is 2.14. The number of nitrogens with zero attached hydrogens (tertiary/aromatic N) is 1. The highest BCUT2D eigenvalue weighted by atomic mass is 16.5. The molecule has 0 aliphatic heterocycles. The van der Waals surface area contributed by atoms with Crippen LogP contribution in [0.1, 0.15) is 17.3 Å². The van der Waals surface area contributed by atoms with Crippen molar-refractivity contribution in [1.82, 2.24) is 0 Å². The number of hydrogen-bond donors (Lipinski definition) is 1. The molecule has 4 nitrogen and oxygen atoms in total. The minimum absolute atomic E-state index is 0.338. The zero-order valence-electron chi connectivity index (χ0n) is 11.7. The van der Waals surface area contributed by atoms with Gasteiger partial charge in [0, 0.05) is 12.7 Å². The quantitative estimate of drug-likeness (QED) is 0.684. The smallest absolute Gasteiger partial charge is 0.338 e. The summed E-state index contributed by atoms with van der Waals surface area (Å²) in [6.07, 6.45) is 0. The Morgan fingerprint density at radius 2 is 1.90 bits per heavy atom. The first-order chi connectivity index (χ1) is 9.63. The summed E-state index contributed by atoms with van der Waals surface area (Å²) in [4.78, 5) is 13.7. The largest absolute Gasteiger partial charge is 0.462 e. The maximum absolute atomic E-state index is 11.8. The van der Waals surface area contributed by atoms with Crippen LogP contribution in [-0.4, -0.2) is 19.6 Å². The van der Waals surface area contributed by atoms with Crippen LogP contribution in [-0.2, 0) is 4.74 Å². The van der Waals surface area contributed by atoms with E-state index in [1.807, 2.05) is 42.3 Å². The third-order valence-corrected chi connectivity index (χ3v) is 3.05. The number of carbonyl (C=O) groups is 1. The second-order valence-electron chi connectivity index (χ2n) is 4.39. The average Bonchev–Trinajstić information content (AvgIpc) is 2.48. The Balaban J connectivity index is 2.36. The highest BCUT2D eigenvalue weighted by Gasteiger charge is 2.12. The number of hydrogen-bond acceptors (Lipinski definition) is 4. The molecule has 2 aromatic rings. The van der Waals surface area contributed by atoms with Gasteiger partial charge in [-0.2, -0.15) is 0 Å². The fraction of sp³-hybridized carbons (Fsp3) is 0.188. The first-order valence-corrected chi connectivity index (χ1v) is 6.49. The zero-order valence-corrected chi connectivity index (χ0v) is 11.7. The van der Waals surface area contributed by atoms with E-state index in [1.54, 1.807) is 25.1 Å². The highest BCUT2D eigenvalue weighted by molar-refractivity contribution is 5.92. The lowest BCUT2D eigenvalue weighted by Crippen LogP contribution is -2.13. The Kier molecular flexibility index (Phi) is 4.25. The van der Waals surface area contributed by atoms with Crippen LogP contribution in [0.2, 0.25) is 0 Å². The Morgan fingerprint density at radius 1 is 1.20 bits per heavy atom. The van der Waals surface area contributed by atoms with Gasteiger partial charge < -0.3 is 15.4 Å². The summed E-state index contributed by atoms with van der Waals surface area (Å²) < 4.78 is 5.01. The lowest BCUT2D eigenvalue weighted by molar-refractivity contribution is 0.0526. The molecule has 20 heavy (non-hydrogen) atoms. The molecule has 104 valence electrons. The van der Waals surface area contributed by atoms with Gasteiger partial charge in [0.25, 0.3) is 0 Å². The van der Waals surface area contributed by atoms with Gasteiger partial charge in [0.2, 0.25) is 0 Å². The second kappa shape index (κ2) is 6.10. The molecule has 0 radical (unpaired) electrons. The molecule has 0 amide bonds. The molecule has 0 bridgehead atoms. The standard InChI is InChI=1S/C16H18N2O2/c1-3-20-16(19)12-9-10-14(17)15(11-12)18(2)13-7-5-4-6-8-13/h4-11H,3,17H2,1-2H3. The van der Waals surface area contributed by atoms with Gasteiger partial charge in [-0.25, -0.2) is 4.79 Å². The predicted octanol–water partition coefficient (Wildman–Crippen LogP) is 3.21. The Morgan fingerprint density at radius 3 is 2.55 bits per heavy atom. The summed E-state index contributed by atoms with van der Waals surface area (Å²) in [5.41, 5.74) is 8.90. The molecule has 0 unspecified atom stereocenters. The summed E-state index contributed by atoms with van der Waals surface area (Å²) in [5, 5.41) is 0. The van der Waals surface area contributed by atoms with Crippen molar-refractivity contribution in [1.29, 1.82) is 0 Å². The van der Waals surface area contributed by atoms with Gasteiger partial charge in [-0.15, -0.1) is 0 Å². The number of anilines is 3. The maximum atomic E-state index is 11.8. The van der Waals surface area contributed by atoms with Gasteiger partial charge in [-0.05, 0) is 37.3 Å². The van der Waals surface area contributed by atoms with Crippen molar-refractivity contribution in [3.63, 3.8) is 0 Å². The normalized spacial score (nSPS) is 10.1. The first-order valence-electron chi connectivity index (χ1n) is 6.49. The molecule has 0 aliphatic carbocycles. The number of carbonyl (C=O) groups excluding carboxylic acids is 1. The first kappa shape index (κ1) is 13.9. The predicted molar refractivity (Wildman–Crippen MR) is 81.3 cm³/mol. The molecule has 4 heteroatoms. The van der Waals surface area contributed by atoms with Crippen LogP contribution in [0.25, 0.3) is 0 Å². The number of esters is 1. The SMILES string of the molecule is CCOC(=O)c1ccc(N)c(N(C)c2ccccc2)c1. The van der Waals surface area contributed by atoms with Gasteiger partial charge in [0.1, 0.15) is 0 Å². The molecule has 0 fully saturated rings. The zero-order chi connectivity index (χ0) is 14.5. The monoisotopic (exact) mass is 270 g/mol. The maximum Gasteiger partial charge on any atom is 0.338 e. The fourth-order valence-electron chi connectivity index (χ4n) is 1.97. The van der Waals surface area contributed by atoms with E-state index in [-0.39, 0.29) is 5.97 Å². The molecule has 0 atom stereocenters. The molecular formula is C16H18N2O2.